The quantitative estimate of drug-likeness (QED) is 0.496. The van der Waals surface area contributed by atoms with Crippen molar-refractivity contribution in [2.45, 2.75) is 6.54 Å². The number of carbonyl (C=O) groups excluding carboxylic acids is 1. The van der Waals surface area contributed by atoms with Crippen LogP contribution in [-0.4, -0.2) is 10.9 Å². The van der Waals surface area contributed by atoms with E-state index in [0.29, 0.717) is 17.8 Å². The van der Waals surface area contributed by atoms with E-state index >= 15 is 0 Å². The first-order valence-corrected chi connectivity index (χ1v) is 8.77. The summed E-state index contributed by atoms with van der Waals surface area (Å²) >= 11 is 0. The van der Waals surface area contributed by atoms with Crippen LogP contribution in [0.5, 0.6) is 0 Å². The van der Waals surface area contributed by atoms with Gasteiger partial charge < -0.3 is 4.90 Å². The lowest BCUT2D eigenvalue weighted by atomic mass is 9.95. The van der Waals surface area contributed by atoms with Gasteiger partial charge in [0, 0.05) is 16.6 Å². The first-order valence-electron chi connectivity index (χ1n) is 8.77. The molecule has 0 radical (unpaired) electrons. The van der Waals surface area contributed by atoms with Crippen molar-refractivity contribution >= 4 is 22.5 Å². The molecule has 2 heterocycles. The minimum absolute atomic E-state index is 0.103. The second kappa shape index (κ2) is 6.02. The molecule has 3 aromatic carbocycles. The fraction of sp³-hybridized carbons (Fsp3) is 0.0435. The van der Waals surface area contributed by atoms with E-state index in [1.54, 1.807) is 17.0 Å². The molecule has 1 aromatic heterocycles. The zero-order chi connectivity index (χ0) is 18.4. The van der Waals surface area contributed by atoms with Crippen LogP contribution in [-0.2, 0) is 6.54 Å². The first-order chi connectivity index (χ1) is 13.2. The van der Waals surface area contributed by atoms with Gasteiger partial charge in [-0.25, -0.2) is 4.39 Å². The molecule has 1 aliphatic rings. The molecule has 5 rings (SSSR count). The van der Waals surface area contributed by atoms with Gasteiger partial charge in [-0.15, -0.1) is 0 Å². The Kier molecular flexibility index (Phi) is 3.50. The number of aromatic nitrogens is 1. The van der Waals surface area contributed by atoms with Gasteiger partial charge in [0.15, 0.2) is 0 Å². The fourth-order valence-electron chi connectivity index (χ4n) is 3.70. The van der Waals surface area contributed by atoms with Gasteiger partial charge in [0.1, 0.15) is 5.82 Å². The molecule has 0 fully saturated rings. The lowest BCUT2D eigenvalue weighted by Gasteiger charge is -2.15. The van der Waals surface area contributed by atoms with E-state index in [-0.39, 0.29) is 11.7 Å². The summed E-state index contributed by atoms with van der Waals surface area (Å²) in [6.07, 6.45) is 0. The van der Waals surface area contributed by atoms with Crippen molar-refractivity contribution in [3.63, 3.8) is 0 Å². The molecule has 4 heteroatoms. The van der Waals surface area contributed by atoms with Gasteiger partial charge in [-0.3, -0.25) is 9.78 Å². The molecular weight excluding hydrogens is 339 g/mol. The number of anilines is 1. The smallest absolute Gasteiger partial charge is 0.261 e. The maximum Gasteiger partial charge on any atom is 0.261 e. The summed E-state index contributed by atoms with van der Waals surface area (Å²) in [5.41, 5.74) is 4.81. The maximum absolute atomic E-state index is 13.3. The Morgan fingerprint density at radius 2 is 1.52 bits per heavy atom. The fourth-order valence-corrected chi connectivity index (χ4v) is 3.70. The monoisotopic (exact) mass is 354 g/mol. The molecule has 1 amide bonds. The summed E-state index contributed by atoms with van der Waals surface area (Å²) in [5, 5.41) is 0.955. The molecule has 27 heavy (non-hydrogen) atoms. The van der Waals surface area contributed by atoms with Gasteiger partial charge >= 0.3 is 0 Å². The van der Waals surface area contributed by atoms with Crippen LogP contribution in [0.3, 0.4) is 0 Å². The molecule has 0 aliphatic carbocycles. The van der Waals surface area contributed by atoms with Crippen molar-refractivity contribution in [3.8, 4) is 11.1 Å². The molecular formula is C23H15FN2O. The van der Waals surface area contributed by atoms with Crippen LogP contribution in [0.2, 0.25) is 0 Å². The van der Waals surface area contributed by atoms with E-state index in [1.165, 1.54) is 12.1 Å². The largest absolute Gasteiger partial charge is 0.302 e. The van der Waals surface area contributed by atoms with Crippen LogP contribution in [0, 0.1) is 5.82 Å². The molecule has 1 aliphatic heterocycles. The molecule has 130 valence electrons. The Bertz CT molecular complexity index is 1170. The average molecular weight is 354 g/mol. The number of carbonyl (C=O) groups is 1. The van der Waals surface area contributed by atoms with E-state index < -0.39 is 0 Å². The van der Waals surface area contributed by atoms with E-state index in [2.05, 4.69) is 0 Å². The summed E-state index contributed by atoms with van der Waals surface area (Å²) in [7, 11) is 0. The van der Waals surface area contributed by atoms with Gasteiger partial charge in [0.2, 0.25) is 0 Å². The molecule has 0 spiro atoms. The van der Waals surface area contributed by atoms with Crippen LogP contribution in [0.15, 0.2) is 78.9 Å². The van der Waals surface area contributed by atoms with Crippen LogP contribution < -0.4 is 4.90 Å². The number of nitrogens with zero attached hydrogens (tertiary/aromatic N) is 2. The number of para-hydroxylation sites is 1. The van der Waals surface area contributed by atoms with Crippen LogP contribution in [0.4, 0.5) is 10.1 Å². The molecule has 3 nitrogen and oxygen atoms in total. The molecule has 0 N–H and O–H groups in total. The normalized spacial score (nSPS) is 13.2. The van der Waals surface area contributed by atoms with Crippen molar-refractivity contribution in [3.05, 3.63) is 95.9 Å². The van der Waals surface area contributed by atoms with E-state index in [1.807, 2.05) is 54.6 Å². The number of rotatable bonds is 2. The third-order valence-electron chi connectivity index (χ3n) is 4.94. The predicted octanol–water partition coefficient (Wildman–Crippen LogP) is 5.20. The van der Waals surface area contributed by atoms with E-state index in [4.69, 9.17) is 4.98 Å². The average Bonchev–Trinajstić information content (AvgIpc) is 3.03. The minimum Gasteiger partial charge on any atom is -0.302 e. The third-order valence-corrected chi connectivity index (χ3v) is 4.94. The van der Waals surface area contributed by atoms with Gasteiger partial charge in [-0.2, -0.15) is 0 Å². The Hall–Kier alpha value is -3.53. The van der Waals surface area contributed by atoms with Crippen molar-refractivity contribution < 1.29 is 9.18 Å². The van der Waals surface area contributed by atoms with Gasteiger partial charge in [0.05, 0.1) is 23.3 Å². The zero-order valence-electron chi connectivity index (χ0n) is 14.4. The zero-order valence-corrected chi connectivity index (χ0v) is 14.4. The molecule has 0 unspecified atom stereocenters. The molecule has 0 bridgehead atoms. The van der Waals surface area contributed by atoms with Crippen molar-refractivity contribution in [1.82, 2.24) is 4.98 Å². The number of fused-ring (bicyclic) bond motifs is 2. The molecule has 0 atom stereocenters. The first kappa shape index (κ1) is 15.7. The lowest BCUT2D eigenvalue weighted by Crippen LogP contribution is -2.23. The summed E-state index contributed by atoms with van der Waals surface area (Å²) in [6, 6.07) is 23.8. The van der Waals surface area contributed by atoms with Crippen LogP contribution >= 0.6 is 0 Å². The number of hydrogen-bond acceptors (Lipinski definition) is 2. The highest BCUT2D eigenvalue weighted by atomic mass is 19.1. The summed E-state index contributed by atoms with van der Waals surface area (Å²) in [6.45, 7) is 0.379. The second-order valence-electron chi connectivity index (χ2n) is 6.56. The van der Waals surface area contributed by atoms with Gasteiger partial charge in [-0.05, 0) is 35.9 Å². The standard InChI is InChI=1S/C23H15FN2O/c24-16-10-12-17(13-11-16)26-14-20-22(23(26)27)21(15-6-2-1-3-7-15)18-8-4-5-9-19(18)25-20/h1-13H,14H2. The molecule has 0 saturated heterocycles. The lowest BCUT2D eigenvalue weighted by molar-refractivity contribution is 0.0997. The highest BCUT2D eigenvalue weighted by Gasteiger charge is 2.33. The summed E-state index contributed by atoms with van der Waals surface area (Å²) in [5.74, 6) is -0.425. The molecule has 0 saturated carbocycles. The van der Waals surface area contributed by atoms with E-state index in [0.717, 1.165) is 27.7 Å². The summed E-state index contributed by atoms with van der Waals surface area (Å²) in [4.78, 5) is 19.7. The third kappa shape index (κ3) is 2.49. The highest BCUT2D eigenvalue weighted by molar-refractivity contribution is 6.17. The second-order valence-corrected chi connectivity index (χ2v) is 6.56. The predicted molar refractivity (Wildman–Crippen MR) is 104 cm³/mol. The van der Waals surface area contributed by atoms with Crippen LogP contribution in [0.25, 0.3) is 22.0 Å². The summed E-state index contributed by atoms with van der Waals surface area (Å²) < 4.78 is 13.3. The number of amides is 1. The van der Waals surface area contributed by atoms with Gasteiger partial charge in [-0.1, -0.05) is 48.5 Å². The van der Waals surface area contributed by atoms with Gasteiger partial charge in [0.25, 0.3) is 5.91 Å². The highest BCUT2D eigenvalue weighted by Crippen LogP contribution is 2.38. The van der Waals surface area contributed by atoms with Crippen molar-refractivity contribution in [2.75, 3.05) is 4.90 Å². The number of halogens is 1. The number of hydrogen-bond donors (Lipinski definition) is 0. The van der Waals surface area contributed by atoms with E-state index in [9.17, 15) is 9.18 Å². The topological polar surface area (TPSA) is 33.2 Å². The van der Waals surface area contributed by atoms with Crippen molar-refractivity contribution in [1.29, 1.82) is 0 Å². The Labute approximate surface area is 155 Å². The SMILES string of the molecule is O=C1c2c(nc3ccccc3c2-c2ccccc2)CN1c1ccc(F)cc1. The Balaban J connectivity index is 1.75. The Morgan fingerprint density at radius 1 is 0.815 bits per heavy atom. The molecule has 4 aromatic rings. The van der Waals surface area contributed by atoms with Crippen LogP contribution in [0.1, 0.15) is 16.1 Å². The maximum atomic E-state index is 13.3. The minimum atomic E-state index is -0.322. The number of pyridine rings is 1. The van der Waals surface area contributed by atoms with Crippen molar-refractivity contribution in [2.24, 2.45) is 0 Å². The Morgan fingerprint density at radius 3 is 2.30 bits per heavy atom. The number of benzene rings is 3.